The number of hydrogen-bond acceptors (Lipinski definition) is 5. The minimum atomic E-state index is -0.833. The summed E-state index contributed by atoms with van der Waals surface area (Å²) < 4.78 is 8.46. The van der Waals surface area contributed by atoms with Gasteiger partial charge in [0.05, 0.1) is 0 Å². The van der Waals surface area contributed by atoms with Crippen molar-refractivity contribution in [3.8, 4) is 0 Å². The van der Waals surface area contributed by atoms with Crippen molar-refractivity contribution in [2.45, 2.75) is 104 Å². The Morgan fingerprint density at radius 1 is 0.680 bits per heavy atom. The van der Waals surface area contributed by atoms with E-state index in [0.717, 1.165) is 13.1 Å². The molecule has 1 fully saturated rings. The van der Waals surface area contributed by atoms with E-state index in [9.17, 15) is 0 Å². The van der Waals surface area contributed by atoms with Crippen LogP contribution in [0.15, 0.2) is 0 Å². The van der Waals surface area contributed by atoms with E-state index in [-0.39, 0.29) is 0 Å². The van der Waals surface area contributed by atoms with Gasteiger partial charge in [-0.1, -0.05) is 90.9 Å². The Labute approximate surface area is 157 Å². The minimum Gasteiger partial charge on any atom is -0.310 e. The van der Waals surface area contributed by atoms with E-state index in [2.05, 4.69) is 35.8 Å². The molecule has 7 heteroatoms. The molecule has 0 spiro atoms. The standard InChI is InChI=1S/C10H22.C8H20N4.HO2P/c1-3-5-7-9-10-8-6-4-2;1-2-4-6-8-10-12-11-9-7-5-3-1;1-3-2/h3-10H2,1-2H3;9-12H,1-8H2;(H,1,2). The number of unbranched alkanes of at least 4 members (excludes halogenated alkanes) is 7. The summed E-state index contributed by atoms with van der Waals surface area (Å²) in [4.78, 5) is 6.99. The Hall–Kier alpha value is -0.100. The third kappa shape index (κ3) is 32.1. The van der Waals surface area contributed by atoms with Crippen LogP contribution in [-0.2, 0) is 4.57 Å². The predicted octanol–water partition coefficient (Wildman–Crippen LogP) is 4.78. The third-order valence-corrected chi connectivity index (χ3v) is 4.05. The number of rotatable bonds is 7. The Kier molecular flexibility index (Phi) is 31.1. The molecular formula is C18H43N4O2P. The molecule has 0 aromatic heterocycles. The van der Waals surface area contributed by atoms with Crippen molar-refractivity contribution in [1.29, 1.82) is 0 Å². The molecule has 1 aliphatic heterocycles. The largest absolute Gasteiger partial charge is 0.324 e. The molecule has 0 radical (unpaired) electrons. The molecule has 0 unspecified atom stereocenters. The summed E-state index contributed by atoms with van der Waals surface area (Å²) in [6.07, 6.45) is 19.4. The first-order valence-corrected chi connectivity index (χ1v) is 11.0. The zero-order chi connectivity index (χ0) is 18.8. The maximum atomic E-state index is 8.46. The number of nitrogens with one attached hydrogen (secondary N) is 4. The van der Waals surface area contributed by atoms with Gasteiger partial charge in [0, 0.05) is 13.1 Å². The molecular weight excluding hydrogens is 335 g/mol. The summed E-state index contributed by atoms with van der Waals surface area (Å²) in [6.45, 7) is 6.61. The zero-order valence-corrected chi connectivity index (χ0v) is 17.5. The molecule has 1 aliphatic rings. The van der Waals surface area contributed by atoms with Crippen molar-refractivity contribution in [2.24, 2.45) is 0 Å². The third-order valence-electron chi connectivity index (χ3n) is 4.05. The van der Waals surface area contributed by atoms with E-state index in [1.165, 1.54) is 89.9 Å². The van der Waals surface area contributed by atoms with Gasteiger partial charge in [0.1, 0.15) is 0 Å². The van der Waals surface area contributed by atoms with Crippen molar-refractivity contribution < 1.29 is 9.46 Å². The highest BCUT2D eigenvalue weighted by molar-refractivity contribution is 7.16. The van der Waals surface area contributed by atoms with E-state index in [1.807, 2.05) is 0 Å². The fraction of sp³-hybridized carbons (Fsp3) is 1.00. The van der Waals surface area contributed by atoms with Crippen LogP contribution in [0.1, 0.15) is 104 Å². The molecule has 0 aromatic carbocycles. The van der Waals surface area contributed by atoms with Gasteiger partial charge < -0.3 is 4.89 Å². The molecule has 0 aliphatic carbocycles. The monoisotopic (exact) mass is 378 g/mol. The highest BCUT2D eigenvalue weighted by atomic mass is 31.1. The van der Waals surface area contributed by atoms with E-state index >= 15 is 0 Å². The van der Waals surface area contributed by atoms with Crippen LogP contribution in [0.3, 0.4) is 0 Å². The van der Waals surface area contributed by atoms with Crippen LogP contribution in [-0.4, -0.2) is 18.0 Å². The van der Waals surface area contributed by atoms with E-state index in [0.29, 0.717) is 0 Å². The summed E-state index contributed by atoms with van der Waals surface area (Å²) in [6, 6.07) is 0. The van der Waals surface area contributed by atoms with Crippen LogP contribution < -0.4 is 21.9 Å². The quantitative estimate of drug-likeness (QED) is 0.324. The molecule has 0 saturated carbocycles. The maximum Gasteiger partial charge on any atom is 0.324 e. The zero-order valence-electron chi connectivity index (χ0n) is 16.6. The van der Waals surface area contributed by atoms with Gasteiger partial charge in [-0.05, 0) is 12.8 Å². The van der Waals surface area contributed by atoms with E-state index in [4.69, 9.17) is 9.46 Å². The lowest BCUT2D eigenvalue weighted by molar-refractivity contribution is 0.354. The Bertz CT molecular complexity index is 186. The first kappa shape index (κ1) is 27.1. The molecule has 152 valence electrons. The van der Waals surface area contributed by atoms with Gasteiger partial charge in [0.2, 0.25) is 0 Å². The van der Waals surface area contributed by atoms with Gasteiger partial charge in [-0.15, -0.1) is 0 Å². The Balaban J connectivity index is 0. The van der Waals surface area contributed by atoms with Crippen molar-refractivity contribution in [3.05, 3.63) is 0 Å². The topological polar surface area (TPSA) is 85.4 Å². The lowest BCUT2D eigenvalue weighted by atomic mass is 10.1. The van der Waals surface area contributed by atoms with Crippen LogP contribution >= 0.6 is 8.69 Å². The fourth-order valence-electron chi connectivity index (χ4n) is 2.55. The first-order valence-electron chi connectivity index (χ1n) is 10.3. The summed E-state index contributed by atoms with van der Waals surface area (Å²) in [5.74, 6) is 0. The highest BCUT2D eigenvalue weighted by Gasteiger charge is 1.93. The van der Waals surface area contributed by atoms with Gasteiger partial charge >= 0.3 is 8.69 Å². The molecule has 6 nitrogen and oxygen atoms in total. The molecule has 1 heterocycles. The highest BCUT2D eigenvalue weighted by Crippen LogP contribution is 2.07. The van der Waals surface area contributed by atoms with Crippen LogP contribution in [0.5, 0.6) is 0 Å². The maximum absolute atomic E-state index is 8.46. The summed E-state index contributed by atoms with van der Waals surface area (Å²) >= 11 is 0. The van der Waals surface area contributed by atoms with Crippen molar-refractivity contribution in [3.63, 3.8) is 0 Å². The van der Waals surface area contributed by atoms with Gasteiger partial charge in [0.25, 0.3) is 0 Å². The van der Waals surface area contributed by atoms with E-state index < -0.39 is 8.69 Å². The molecule has 1 saturated heterocycles. The van der Waals surface area contributed by atoms with Gasteiger partial charge in [-0.25, -0.2) is 15.4 Å². The second-order valence-electron chi connectivity index (χ2n) is 6.43. The average Bonchev–Trinajstić information content (AvgIpc) is 2.60. The molecule has 0 amide bonds. The first-order chi connectivity index (χ1) is 12.3. The summed E-state index contributed by atoms with van der Waals surface area (Å²) in [5.41, 5.74) is 11.9. The van der Waals surface area contributed by atoms with Crippen LogP contribution in [0.25, 0.3) is 0 Å². The molecule has 1 rings (SSSR count). The molecule has 25 heavy (non-hydrogen) atoms. The lowest BCUT2D eigenvalue weighted by Gasteiger charge is -2.11. The Morgan fingerprint density at radius 2 is 1.00 bits per heavy atom. The number of hydrogen-bond donors (Lipinski definition) is 5. The predicted molar refractivity (Wildman–Crippen MR) is 108 cm³/mol. The molecule has 0 bridgehead atoms. The van der Waals surface area contributed by atoms with Crippen molar-refractivity contribution >= 4 is 8.69 Å². The Morgan fingerprint density at radius 3 is 1.36 bits per heavy atom. The minimum absolute atomic E-state index is 0.833. The lowest BCUT2D eigenvalue weighted by Crippen LogP contribution is -2.51. The van der Waals surface area contributed by atoms with Gasteiger partial charge in [0.15, 0.2) is 0 Å². The van der Waals surface area contributed by atoms with Crippen LogP contribution in [0.4, 0.5) is 0 Å². The smallest absolute Gasteiger partial charge is 0.310 e. The van der Waals surface area contributed by atoms with Crippen LogP contribution in [0.2, 0.25) is 0 Å². The van der Waals surface area contributed by atoms with Crippen molar-refractivity contribution in [2.75, 3.05) is 13.1 Å². The van der Waals surface area contributed by atoms with Gasteiger partial charge in [-0.2, -0.15) is 11.1 Å². The van der Waals surface area contributed by atoms with Gasteiger partial charge in [-0.3, -0.25) is 0 Å². The second kappa shape index (κ2) is 28.7. The van der Waals surface area contributed by atoms with E-state index in [1.54, 1.807) is 0 Å². The molecule has 0 aromatic rings. The summed E-state index contributed by atoms with van der Waals surface area (Å²) in [7, 11) is -0.833. The molecule has 5 N–H and O–H groups in total. The average molecular weight is 379 g/mol. The second-order valence-corrected chi connectivity index (χ2v) is 6.59. The normalized spacial score (nSPS) is 16.4. The fourth-order valence-corrected chi connectivity index (χ4v) is 2.55. The number of hydrazine groups is 3. The van der Waals surface area contributed by atoms with Crippen molar-refractivity contribution in [1.82, 2.24) is 21.9 Å². The molecule has 0 atom stereocenters. The SMILES string of the molecule is C1CCCCNNNNCCC1.CCCCCCCCCC.O=PO. The summed E-state index contributed by atoms with van der Waals surface area (Å²) in [5, 5.41) is 0. The van der Waals surface area contributed by atoms with Crippen LogP contribution in [0, 0.1) is 0 Å².